The first-order chi connectivity index (χ1) is 14.3. The molecule has 0 radical (unpaired) electrons. The molecule has 4 bridgehead atoms. The van der Waals surface area contributed by atoms with Crippen molar-refractivity contribution in [2.45, 2.75) is 76.2 Å². The number of carbonyl (C=O) groups is 1. The minimum absolute atomic E-state index is 0.0232. The molecule has 5 nitrogen and oxygen atoms in total. The molecule has 1 N–H and O–H groups in total. The van der Waals surface area contributed by atoms with E-state index in [1.807, 2.05) is 0 Å². The largest absolute Gasteiger partial charge is 0.457 e. The molecule has 0 amide bonds. The fraction of sp³-hybridized carbons (Fsp3) is 0.696. The third-order valence-corrected chi connectivity index (χ3v) is 9.57. The van der Waals surface area contributed by atoms with Gasteiger partial charge in [0.15, 0.2) is 0 Å². The average Bonchev–Trinajstić information content (AvgIpc) is 3.01. The zero-order chi connectivity index (χ0) is 20.7. The number of esters is 1. The summed E-state index contributed by atoms with van der Waals surface area (Å²) in [6, 6.07) is 0. The number of thiophene rings is 1. The van der Waals surface area contributed by atoms with Gasteiger partial charge in [-0.05, 0) is 81.1 Å². The number of aromatic nitrogens is 2. The number of nitrogens with zero attached hydrogens (tertiary/aromatic N) is 1. The van der Waals surface area contributed by atoms with Crippen LogP contribution in [0.4, 0.5) is 0 Å². The summed E-state index contributed by atoms with van der Waals surface area (Å²) in [7, 11) is 0. The van der Waals surface area contributed by atoms with Crippen LogP contribution in [0.1, 0.15) is 68.1 Å². The highest BCUT2D eigenvalue weighted by molar-refractivity contribution is 7.18. The average molecular weight is 447 g/mol. The first kappa shape index (κ1) is 19.3. The number of halogens is 1. The lowest BCUT2D eigenvalue weighted by Gasteiger charge is -2.58. The fourth-order valence-corrected chi connectivity index (χ4v) is 9.23. The molecule has 3 unspecified atom stereocenters. The second kappa shape index (κ2) is 6.55. The third-order valence-electron chi connectivity index (χ3n) is 7.98. The quantitative estimate of drug-likeness (QED) is 0.546. The number of rotatable bonds is 3. The maximum atomic E-state index is 13.2. The van der Waals surface area contributed by atoms with Crippen LogP contribution in [-0.4, -0.2) is 20.8 Å². The second-order valence-electron chi connectivity index (χ2n) is 10.5. The van der Waals surface area contributed by atoms with Gasteiger partial charge in [0.25, 0.3) is 5.56 Å². The van der Waals surface area contributed by atoms with E-state index in [1.165, 1.54) is 16.9 Å². The monoisotopic (exact) mass is 446 g/mol. The lowest BCUT2D eigenvalue weighted by molar-refractivity contribution is -0.171. The molecule has 5 aliphatic carbocycles. The molecule has 0 aromatic carbocycles. The van der Waals surface area contributed by atoms with Crippen LogP contribution in [0.5, 0.6) is 0 Å². The molecule has 0 spiro atoms. The molecule has 3 atom stereocenters. The second-order valence-corrected chi connectivity index (χ2v) is 12.4. The minimum atomic E-state index is -0.436. The molecule has 5 aliphatic rings. The Morgan fingerprint density at radius 3 is 2.80 bits per heavy atom. The van der Waals surface area contributed by atoms with Crippen molar-refractivity contribution in [3.63, 3.8) is 0 Å². The van der Waals surface area contributed by atoms with Gasteiger partial charge < -0.3 is 9.72 Å². The molecule has 4 saturated carbocycles. The van der Waals surface area contributed by atoms with E-state index >= 15 is 0 Å². The molecule has 4 fully saturated rings. The smallest absolute Gasteiger partial charge is 0.312 e. The van der Waals surface area contributed by atoms with Gasteiger partial charge in [0.2, 0.25) is 0 Å². The standard InChI is InChI=1S/C23H27ClN2O3S/c1-12-2-3-15-16(4-12)30-20-18(15)19(27)25-17(26-20)10-29-21(28)22-6-13-5-14(7-22)9-23(24,8-13)11-22/h12-14H,2-11H2,1H3,(H,25,26,27). The van der Waals surface area contributed by atoms with E-state index in [4.69, 9.17) is 16.3 Å². The van der Waals surface area contributed by atoms with Crippen LogP contribution >= 0.6 is 22.9 Å². The number of aryl methyl sites for hydroxylation is 1. The Morgan fingerprint density at radius 1 is 1.30 bits per heavy atom. The summed E-state index contributed by atoms with van der Waals surface area (Å²) in [5.41, 5.74) is 0.632. The molecular weight excluding hydrogens is 420 g/mol. The number of nitrogens with one attached hydrogen (secondary N) is 1. The number of ether oxygens (including phenoxy) is 1. The predicted molar refractivity (Wildman–Crippen MR) is 117 cm³/mol. The zero-order valence-corrected chi connectivity index (χ0v) is 18.8. The highest BCUT2D eigenvalue weighted by atomic mass is 35.5. The summed E-state index contributed by atoms with van der Waals surface area (Å²) in [6.07, 6.45) is 8.88. The molecule has 7 rings (SSSR count). The van der Waals surface area contributed by atoms with Gasteiger partial charge in [-0.1, -0.05) is 6.92 Å². The number of carbonyl (C=O) groups excluding carboxylic acids is 1. The van der Waals surface area contributed by atoms with E-state index in [0.717, 1.165) is 61.6 Å². The lowest BCUT2D eigenvalue weighted by atomic mass is 9.49. The zero-order valence-electron chi connectivity index (χ0n) is 17.3. The maximum Gasteiger partial charge on any atom is 0.312 e. The van der Waals surface area contributed by atoms with Crippen molar-refractivity contribution in [1.82, 2.24) is 9.97 Å². The SMILES string of the molecule is CC1CCc2c(sc3nc(COC(=O)C45CC6CC(CC(Cl)(C6)C4)C5)[nH]c(=O)c23)C1. The minimum Gasteiger partial charge on any atom is -0.457 e. The number of hydrogen-bond donors (Lipinski definition) is 1. The first-order valence-electron chi connectivity index (χ1n) is 11.2. The summed E-state index contributed by atoms with van der Waals surface area (Å²) in [4.78, 5) is 35.3. The van der Waals surface area contributed by atoms with E-state index in [2.05, 4.69) is 16.9 Å². The number of H-pyrrole nitrogens is 1. The normalized spacial score (nSPS) is 36.8. The number of alkyl halides is 1. The number of aromatic amines is 1. The van der Waals surface area contributed by atoms with Crippen LogP contribution in [0, 0.1) is 23.2 Å². The van der Waals surface area contributed by atoms with Crippen molar-refractivity contribution in [3.8, 4) is 0 Å². The molecule has 30 heavy (non-hydrogen) atoms. The van der Waals surface area contributed by atoms with Crippen molar-refractivity contribution in [2.24, 2.45) is 23.2 Å². The van der Waals surface area contributed by atoms with Crippen LogP contribution in [0.2, 0.25) is 0 Å². The van der Waals surface area contributed by atoms with Crippen LogP contribution in [0.3, 0.4) is 0 Å². The Balaban J connectivity index is 1.23. The Morgan fingerprint density at radius 2 is 2.07 bits per heavy atom. The van der Waals surface area contributed by atoms with Gasteiger partial charge in [-0.25, -0.2) is 4.98 Å². The van der Waals surface area contributed by atoms with Gasteiger partial charge in [0.1, 0.15) is 17.3 Å². The molecule has 0 aliphatic heterocycles. The maximum absolute atomic E-state index is 13.2. The highest BCUT2D eigenvalue weighted by Gasteiger charge is 2.60. The van der Waals surface area contributed by atoms with Crippen molar-refractivity contribution in [2.75, 3.05) is 0 Å². The van der Waals surface area contributed by atoms with Crippen LogP contribution < -0.4 is 5.56 Å². The molecule has 2 aromatic heterocycles. The van der Waals surface area contributed by atoms with Crippen LogP contribution in [0.15, 0.2) is 4.79 Å². The number of fused-ring (bicyclic) bond motifs is 3. The lowest BCUT2D eigenvalue weighted by Crippen LogP contribution is -2.56. The van der Waals surface area contributed by atoms with E-state index in [0.29, 0.717) is 23.6 Å². The topological polar surface area (TPSA) is 72.0 Å². The Bertz CT molecular complexity index is 1090. The van der Waals surface area contributed by atoms with Gasteiger partial charge in [-0.15, -0.1) is 22.9 Å². The van der Waals surface area contributed by atoms with Crippen molar-refractivity contribution in [3.05, 3.63) is 26.6 Å². The number of hydrogen-bond acceptors (Lipinski definition) is 5. The Kier molecular flexibility index (Phi) is 4.21. The summed E-state index contributed by atoms with van der Waals surface area (Å²) in [6.45, 7) is 2.28. The van der Waals surface area contributed by atoms with E-state index in [1.54, 1.807) is 11.3 Å². The summed E-state index contributed by atoms with van der Waals surface area (Å²) in [5, 5.41) is 0.738. The molecule has 2 aromatic rings. The predicted octanol–water partition coefficient (Wildman–Crippen LogP) is 4.73. The van der Waals surface area contributed by atoms with Gasteiger partial charge in [-0.3, -0.25) is 9.59 Å². The summed E-state index contributed by atoms with van der Waals surface area (Å²) in [5.74, 6) is 2.04. The third kappa shape index (κ3) is 2.97. The van der Waals surface area contributed by atoms with Gasteiger partial charge >= 0.3 is 5.97 Å². The van der Waals surface area contributed by atoms with Crippen LogP contribution in [0.25, 0.3) is 10.2 Å². The van der Waals surface area contributed by atoms with Crippen molar-refractivity contribution in [1.29, 1.82) is 0 Å². The van der Waals surface area contributed by atoms with Crippen LogP contribution in [-0.2, 0) is 29.0 Å². The Hall–Kier alpha value is -1.40. The Labute approximate surface area is 184 Å². The summed E-state index contributed by atoms with van der Waals surface area (Å²) < 4.78 is 5.76. The van der Waals surface area contributed by atoms with Crippen molar-refractivity contribution >= 4 is 39.1 Å². The van der Waals surface area contributed by atoms with Gasteiger partial charge in [-0.2, -0.15) is 0 Å². The van der Waals surface area contributed by atoms with E-state index < -0.39 is 5.41 Å². The molecule has 2 heterocycles. The van der Waals surface area contributed by atoms with E-state index in [9.17, 15) is 9.59 Å². The van der Waals surface area contributed by atoms with Crippen molar-refractivity contribution < 1.29 is 9.53 Å². The molecule has 0 saturated heterocycles. The van der Waals surface area contributed by atoms with E-state index in [-0.39, 0.29) is 23.0 Å². The van der Waals surface area contributed by atoms with Gasteiger partial charge in [0.05, 0.1) is 10.8 Å². The molecule has 7 heteroatoms. The highest BCUT2D eigenvalue weighted by Crippen LogP contribution is 2.64. The summed E-state index contributed by atoms with van der Waals surface area (Å²) >= 11 is 8.49. The van der Waals surface area contributed by atoms with Gasteiger partial charge in [0, 0.05) is 9.75 Å². The molecule has 160 valence electrons. The first-order valence-corrected chi connectivity index (χ1v) is 12.4. The molecular formula is C23H27ClN2O3S. The fourth-order valence-electron chi connectivity index (χ4n) is 7.14.